The van der Waals surface area contributed by atoms with Crippen molar-refractivity contribution in [1.29, 1.82) is 0 Å². The van der Waals surface area contributed by atoms with Crippen LogP contribution in [0, 0.1) is 5.92 Å². The number of aromatic carboxylic acids is 1. The molecule has 2 amide bonds. The lowest BCUT2D eigenvalue weighted by Gasteiger charge is -2.35. The quantitative estimate of drug-likeness (QED) is 0.447. The first kappa shape index (κ1) is 25.9. The van der Waals surface area contributed by atoms with Gasteiger partial charge in [0.2, 0.25) is 0 Å². The zero-order valence-electron chi connectivity index (χ0n) is 20.3. The molecule has 1 aliphatic heterocycles. The third-order valence-corrected chi connectivity index (χ3v) is 7.49. The van der Waals surface area contributed by atoms with Gasteiger partial charge >= 0.3 is 5.97 Å². The molecule has 2 aromatic carbocycles. The number of carbonyl (C=O) groups excluding carboxylic acids is 2. The number of carboxylic acids is 1. The van der Waals surface area contributed by atoms with Gasteiger partial charge in [-0.2, -0.15) is 0 Å². The van der Waals surface area contributed by atoms with E-state index < -0.39 is 30.0 Å². The van der Waals surface area contributed by atoms with Gasteiger partial charge in [0.25, 0.3) is 11.8 Å². The van der Waals surface area contributed by atoms with Crippen molar-refractivity contribution >= 4 is 17.8 Å². The van der Waals surface area contributed by atoms with E-state index in [4.69, 9.17) is 0 Å². The van der Waals surface area contributed by atoms with Gasteiger partial charge in [-0.25, -0.2) is 4.79 Å². The van der Waals surface area contributed by atoms with Crippen molar-refractivity contribution in [3.05, 3.63) is 59.7 Å². The molecule has 1 heterocycles. The van der Waals surface area contributed by atoms with Crippen molar-refractivity contribution in [2.24, 2.45) is 5.92 Å². The van der Waals surface area contributed by atoms with Crippen molar-refractivity contribution < 1.29 is 29.7 Å². The van der Waals surface area contributed by atoms with Crippen LogP contribution in [0.4, 0.5) is 0 Å². The highest BCUT2D eigenvalue weighted by Crippen LogP contribution is 2.34. The van der Waals surface area contributed by atoms with E-state index >= 15 is 0 Å². The highest BCUT2D eigenvalue weighted by molar-refractivity contribution is 5.96. The van der Waals surface area contributed by atoms with Crippen molar-refractivity contribution in [1.82, 2.24) is 10.2 Å². The van der Waals surface area contributed by atoms with Crippen LogP contribution in [0.1, 0.15) is 60.9 Å². The molecule has 8 heteroatoms. The Balaban J connectivity index is 1.33. The molecule has 0 aromatic heterocycles. The summed E-state index contributed by atoms with van der Waals surface area (Å²) in [5.41, 5.74) is 2.24. The second kappa shape index (κ2) is 11.7. The topological polar surface area (TPSA) is 127 Å². The molecular formula is C28H34N2O6. The van der Waals surface area contributed by atoms with Crippen LogP contribution in [0.2, 0.25) is 0 Å². The predicted molar refractivity (Wildman–Crippen MR) is 134 cm³/mol. The molecule has 1 saturated heterocycles. The molecule has 0 unspecified atom stereocenters. The average Bonchev–Trinajstić information content (AvgIpc) is 3.41. The second-order valence-corrected chi connectivity index (χ2v) is 9.79. The lowest BCUT2D eigenvalue weighted by molar-refractivity contribution is -0.154. The van der Waals surface area contributed by atoms with Gasteiger partial charge in [-0.15, -0.1) is 0 Å². The minimum atomic E-state index is -1.85. The van der Waals surface area contributed by atoms with Crippen LogP contribution in [0.15, 0.2) is 48.5 Å². The standard InChI is InChI=1S/C28H34N2O6/c31-24(25(32)27(34)30-16-6-11-23(30)20-7-2-1-3-8-20)26(33)29-17-18-12-14-19(15-13-18)21-9-4-5-10-22(21)28(35)36/h4-5,9-10,12-15,20,23-25,31-32H,1-3,6-8,11,16-17H2,(H,29,33)(H,35,36)/t23-,24-,25-/m1/s1. The Bertz CT molecular complexity index is 1080. The monoisotopic (exact) mass is 494 g/mol. The third-order valence-electron chi connectivity index (χ3n) is 7.49. The molecule has 4 rings (SSSR count). The molecule has 2 fully saturated rings. The molecule has 4 N–H and O–H groups in total. The number of likely N-dealkylation sites (tertiary alicyclic amines) is 1. The maximum absolute atomic E-state index is 13.0. The SMILES string of the molecule is O=C(O)c1ccccc1-c1ccc(CNC(=O)[C@H](O)[C@@H](O)C(=O)N2CCC[C@@H]2C2CCCCC2)cc1. The van der Waals surface area contributed by atoms with Crippen LogP contribution in [0.3, 0.4) is 0 Å². The lowest BCUT2D eigenvalue weighted by atomic mass is 9.83. The van der Waals surface area contributed by atoms with Crippen LogP contribution < -0.4 is 5.32 Å². The second-order valence-electron chi connectivity index (χ2n) is 9.79. The third kappa shape index (κ3) is 5.77. The molecule has 36 heavy (non-hydrogen) atoms. The summed E-state index contributed by atoms with van der Waals surface area (Å²) < 4.78 is 0. The Morgan fingerprint density at radius 1 is 0.889 bits per heavy atom. The number of rotatable bonds is 8. The molecular weight excluding hydrogens is 460 g/mol. The van der Waals surface area contributed by atoms with Gasteiger partial charge in [0.15, 0.2) is 12.2 Å². The molecule has 3 atom stereocenters. The van der Waals surface area contributed by atoms with E-state index in [0.29, 0.717) is 18.0 Å². The fourth-order valence-corrected chi connectivity index (χ4v) is 5.54. The van der Waals surface area contributed by atoms with Crippen LogP contribution in [0.25, 0.3) is 11.1 Å². The van der Waals surface area contributed by atoms with Gasteiger partial charge in [0, 0.05) is 19.1 Å². The van der Waals surface area contributed by atoms with Gasteiger partial charge in [-0.1, -0.05) is 61.7 Å². The smallest absolute Gasteiger partial charge is 0.336 e. The number of benzene rings is 2. The predicted octanol–water partition coefficient (Wildman–Crippen LogP) is 2.96. The van der Waals surface area contributed by atoms with Crippen molar-refractivity contribution in [3.63, 3.8) is 0 Å². The highest BCUT2D eigenvalue weighted by Gasteiger charge is 2.40. The molecule has 2 aliphatic rings. The Morgan fingerprint density at radius 2 is 1.58 bits per heavy atom. The number of hydrogen-bond donors (Lipinski definition) is 4. The van der Waals surface area contributed by atoms with E-state index in [1.54, 1.807) is 53.4 Å². The van der Waals surface area contributed by atoms with Crippen molar-refractivity contribution in [3.8, 4) is 11.1 Å². The van der Waals surface area contributed by atoms with Crippen molar-refractivity contribution in [2.75, 3.05) is 6.54 Å². The zero-order chi connectivity index (χ0) is 25.7. The van der Waals surface area contributed by atoms with E-state index in [0.717, 1.165) is 49.7 Å². The van der Waals surface area contributed by atoms with Gasteiger partial charge < -0.3 is 25.5 Å². The van der Waals surface area contributed by atoms with Gasteiger partial charge in [0.05, 0.1) is 5.56 Å². The molecule has 192 valence electrons. The Hall–Kier alpha value is -3.23. The number of hydrogen-bond acceptors (Lipinski definition) is 5. The van der Waals surface area contributed by atoms with Gasteiger partial charge in [-0.05, 0) is 54.4 Å². The Kier molecular flexibility index (Phi) is 8.38. The van der Waals surface area contributed by atoms with Crippen LogP contribution in [0.5, 0.6) is 0 Å². The molecule has 8 nitrogen and oxygen atoms in total. The van der Waals surface area contributed by atoms with Gasteiger partial charge in [-0.3, -0.25) is 9.59 Å². The summed E-state index contributed by atoms with van der Waals surface area (Å²) in [5.74, 6) is -1.98. The summed E-state index contributed by atoms with van der Waals surface area (Å²) in [5, 5.41) is 32.9. The van der Waals surface area contributed by atoms with Crippen LogP contribution in [-0.2, 0) is 16.1 Å². The van der Waals surface area contributed by atoms with E-state index in [9.17, 15) is 29.7 Å². The van der Waals surface area contributed by atoms with Crippen LogP contribution in [-0.4, -0.2) is 62.8 Å². The summed E-state index contributed by atoms with van der Waals surface area (Å²) in [4.78, 5) is 38.6. The normalized spacial score (nSPS) is 20.1. The van der Waals surface area contributed by atoms with Crippen LogP contribution >= 0.6 is 0 Å². The molecule has 0 spiro atoms. The number of aliphatic hydroxyl groups is 2. The average molecular weight is 495 g/mol. The zero-order valence-corrected chi connectivity index (χ0v) is 20.3. The summed E-state index contributed by atoms with van der Waals surface area (Å²) >= 11 is 0. The number of nitrogens with one attached hydrogen (secondary N) is 1. The number of carbonyl (C=O) groups is 3. The van der Waals surface area contributed by atoms with E-state index in [1.807, 2.05) is 0 Å². The van der Waals surface area contributed by atoms with E-state index in [-0.39, 0.29) is 18.2 Å². The van der Waals surface area contributed by atoms with Crippen molar-refractivity contribution in [2.45, 2.75) is 69.7 Å². The summed E-state index contributed by atoms with van der Waals surface area (Å²) in [6.07, 6.45) is 3.80. The summed E-state index contributed by atoms with van der Waals surface area (Å²) in [6.45, 7) is 0.634. The minimum absolute atomic E-state index is 0.0764. The van der Waals surface area contributed by atoms with E-state index in [1.165, 1.54) is 6.42 Å². The largest absolute Gasteiger partial charge is 0.478 e. The first-order valence-electron chi connectivity index (χ1n) is 12.7. The minimum Gasteiger partial charge on any atom is -0.478 e. The molecule has 0 radical (unpaired) electrons. The lowest BCUT2D eigenvalue weighted by Crippen LogP contribution is -2.52. The number of aliphatic hydroxyl groups excluding tert-OH is 2. The maximum atomic E-state index is 13.0. The first-order chi connectivity index (χ1) is 17.4. The maximum Gasteiger partial charge on any atom is 0.336 e. The molecule has 0 bridgehead atoms. The Labute approximate surface area is 210 Å². The number of amides is 2. The summed E-state index contributed by atoms with van der Waals surface area (Å²) in [6, 6.07) is 13.8. The van der Waals surface area contributed by atoms with Gasteiger partial charge in [0.1, 0.15) is 0 Å². The Morgan fingerprint density at radius 3 is 2.28 bits per heavy atom. The number of nitrogens with zero attached hydrogens (tertiary/aromatic N) is 1. The fraction of sp³-hybridized carbons (Fsp3) is 0.464. The van der Waals surface area contributed by atoms with E-state index in [2.05, 4.69) is 5.32 Å². The number of carboxylic acid groups (broad SMARTS) is 1. The first-order valence-corrected chi connectivity index (χ1v) is 12.7. The molecule has 1 aliphatic carbocycles. The summed E-state index contributed by atoms with van der Waals surface area (Å²) in [7, 11) is 0. The molecule has 1 saturated carbocycles. The molecule has 2 aromatic rings. The fourth-order valence-electron chi connectivity index (χ4n) is 5.54. The highest BCUT2D eigenvalue weighted by atomic mass is 16.4.